The second-order valence-electron chi connectivity index (χ2n) is 13.3. The molecule has 4 amide bonds. The fourth-order valence-corrected chi connectivity index (χ4v) is 5.66. The predicted molar refractivity (Wildman–Crippen MR) is 188 cm³/mol. The zero-order chi connectivity index (χ0) is 37.1. The van der Waals surface area contributed by atoms with Crippen LogP contribution in [0.3, 0.4) is 0 Å². The number of carboxylic acid groups (broad SMARTS) is 1. The number of carbonyl (C=O) groups is 6. The van der Waals surface area contributed by atoms with Gasteiger partial charge in [-0.25, -0.2) is 0 Å². The molecule has 15 nitrogen and oxygen atoms in total. The molecule has 0 unspecified atom stereocenters. The third kappa shape index (κ3) is 15.1. The first kappa shape index (κ1) is 42.0. The summed E-state index contributed by atoms with van der Waals surface area (Å²) in [6.07, 6.45) is 9.25. The van der Waals surface area contributed by atoms with Gasteiger partial charge in [-0.15, -0.1) is 0 Å². The van der Waals surface area contributed by atoms with Gasteiger partial charge in [-0.05, 0) is 88.4 Å². The molecule has 11 N–H and O–H groups in total. The number of aromatic nitrogens is 1. The molecule has 1 aromatic heterocycles. The standard InChI is InChI=1S/C35H56N8O7/c1-22(2)18-24(35(49)50)20-30(44)29(19-23-10-9-17-39-21-23)43-34(48)27-12-4-3-11-25(38)31(45)40-26(13-5-7-15-36)32(46)42-28(33(47)41-27)14-6-8-16-37/h3-4,9-10,17,21-22,24-29H,5-8,11-16,18-20,36-38H2,1-2H3,(H,40,45)(H,41,47)(H,42,46)(H,43,48)(H,49,50)/t24-,25+,26+,27+,28+,29+/m1/s1. The van der Waals surface area contributed by atoms with Gasteiger partial charge < -0.3 is 43.6 Å². The highest BCUT2D eigenvalue weighted by Gasteiger charge is 2.33. The second-order valence-corrected chi connectivity index (χ2v) is 13.3. The van der Waals surface area contributed by atoms with E-state index in [-0.39, 0.29) is 50.9 Å². The Bertz CT molecular complexity index is 1290. The van der Waals surface area contributed by atoms with E-state index in [0.717, 1.165) is 0 Å². The first-order valence-corrected chi connectivity index (χ1v) is 17.5. The highest BCUT2D eigenvalue weighted by molar-refractivity contribution is 5.96. The number of hydrogen-bond donors (Lipinski definition) is 8. The van der Waals surface area contributed by atoms with Gasteiger partial charge >= 0.3 is 5.97 Å². The van der Waals surface area contributed by atoms with Crippen molar-refractivity contribution in [2.75, 3.05) is 13.1 Å². The summed E-state index contributed by atoms with van der Waals surface area (Å²) in [4.78, 5) is 83.7. The maximum absolute atomic E-state index is 13.9. The molecule has 1 aromatic rings. The van der Waals surface area contributed by atoms with Crippen LogP contribution in [-0.2, 0) is 35.2 Å². The topological polar surface area (TPSA) is 262 Å². The molecule has 0 saturated heterocycles. The highest BCUT2D eigenvalue weighted by atomic mass is 16.4. The van der Waals surface area contributed by atoms with Crippen LogP contribution in [0.15, 0.2) is 36.7 Å². The van der Waals surface area contributed by atoms with Crippen molar-refractivity contribution in [3.05, 3.63) is 42.2 Å². The van der Waals surface area contributed by atoms with Gasteiger partial charge in [-0.3, -0.25) is 33.8 Å². The van der Waals surface area contributed by atoms with E-state index in [0.29, 0.717) is 44.3 Å². The summed E-state index contributed by atoms with van der Waals surface area (Å²) >= 11 is 0. The molecule has 2 rings (SSSR count). The van der Waals surface area contributed by atoms with E-state index in [9.17, 15) is 33.9 Å². The zero-order valence-electron chi connectivity index (χ0n) is 29.3. The summed E-state index contributed by atoms with van der Waals surface area (Å²) < 4.78 is 0. The minimum atomic E-state index is -1.18. The Hall–Kier alpha value is -4.21. The number of aliphatic carboxylic acids is 1. The molecule has 2 heterocycles. The van der Waals surface area contributed by atoms with Gasteiger partial charge in [-0.2, -0.15) is 0 Å². The van der Waals surface area contributed by atoms with Crippen LogP contribution >= 0.6 is 0 Å². The van der Waals surface area contributed by atoms with Crippen LogP contribution in [0.1, 0.15) is 83.6 Å². The minimum absolute atomic E-state index is 0.0179. The molecule has 6 atom stereocenters. The number of carboxylic acids is 1. The largest absolute Gasteiger partial charge is 0.481 e. The molecule has 0 fully saturated rings. The number of nitrogens with two attached hydrogens (primary N) is 3. The van der Waals surface area contributed by atoms with E-state index >= 15 is 0 Å². The highest BCUT2D eigenvalue weighted by Crippen LogP contribution is 2.18. The van der Waals surface area contributed by atoms with Crippen molar-refractivity contribution in [3.8, 4) is 0 Å². The number of ketones is 1. The van der Waals surface area contributed by atoms with Crippen molar-refractivity contribution >= 4 is 35.4 Å². The Balaban J connectivity index is 2.41. The molecule has 278 valence electrons. The average Bonchev–Trinajstić information content (AvgIpc) is 3.07. The van der Waals surface area contributed by atoms with Gasteiger partial charge in [0, 0.05) is 25.2 Å². The summed E-state index contributed by atoms with van der Waals surface area (Å²) in [6, 6.07) is -1.86. The Morgan fingerprint density at radius 2 is 1.52 bits per heavy atom. The summed E-state index contributed by atoms with van der Waals surface area (Å²) in [5.41, 5.74) is 18.1. The summed E-state index contributed by atoms with van der Waals surface area (Å²) in [7, 11) is 0. The van der Waals surface area contributed by atoms with Crippen molar-refractivity contribution in [3.63, 3.8) is 0 Å². The quantitative estimate of drug-likeness (QED) is 0.0758. The van der Waals surface area contributed by atoms with Crippen LogP contribution in [0.2, 0.25) is 0 Å². The summed E-state index contributed by atoms with van der Waals surface area (Å²) in [6.45, 7) is 4.52. The number of nitrogens with one attached hydrogen (secondary N) is 4. The summed E-state index contributed by atoms with van der Waals surface area (Å²) in [5, 5.41) is 20.7. The lowest BCUT2D eigenvalue weighted by atomic mass is 9.89. The van der Waals surface area contributed by atoms with Crippen LogP contribution in [0.25, 0.3) is 0 Å². The number of amides is 4. The van der Waals surface area contributed by atoms with Crippen molar-refractivity contribution in [2.24, 2.45) is 29.0 Å². The maximum Gasteiger partial charge on any atom is 0.306 e. The van der Waals surface area contributed by atoms with Gasteiger partial charge in [0.05, 0.1) is 18.0 Å². The third-order valence-electron chi connectivity index (χ3n) is 8.48. The Morgan fingerprint density at radius 1 is 0.920 bits per heavy atom. The van der Waals surface area contributed by atoms with E-state index in [1.165, 1.54) is 0 Å². The third-order valence-corrected chi connectivity index (χ3v) is 8.48. The summed E-state index contributed by atoms with van der Waals surface area (Å²) in [5.74, 6) is -4.88. The van der Waals surface area contributed by atoms with Gasteiger partial charge in [0.15, 0.2) is 5.78 Å². The van der Waals surface area contributed by atoms with Gasteiger partial charge in [0.2, 0.25) is 23.6 Å². The van der Waals surface area contributed by atoms with Crippen LogP contribution in [0, 0.1) is 11.8 Å². The van der Waals surface area contributed by atoms with Gasteiger partial charge in [0.25, 0.3) is 0 Å². The normalized spacial score (nSPS) is 21.7. The number of pyridine rings is 1. The number of nitrogens with zero attached hydrogens (tertiary/aromatic N) is 1. The van der Waals surface area contributed by atoms with Gasteiger partial charge in [0.1, 0.15) is 18.1 Å². The lowest BCUT2D eigenvalue weighted by molar-refractivity contribution is -0.144. The number of hydrogen-bond acceptors (Lipinski definition) is 10. The molecule has 0 bridgehead atoms. The fourth-order valence-electron chi connectivity index (χ4n) is 5.66. The van der Waals surface area contributed by atoms with Crippen LogP contribution in [0.5, 0.6) is 0 Å². The second kappa shape index (κ2) is 22.5. The number of Topliss-reactive ketones (excluding diaryl/α,β-unsaturated/α-hetero) is 1. The molecule has 0 radical (unpaired) electrons. The monoisotopic (exact) mass is 700 g/mol. The van der Waals surface area contributed by atoms with Crippen LogP contribution < -0.4 is 38.5 Å². The van der Waals surface area contributed by atoms with E-state index in [4.69, 9.17) is 17.2 Å². The molecule has 1 aliphatic rings. The van der Waals surface area contributed by atoms with E-state index in [1.807, 2.05) is 13.8 Å². The van der Waals surface area contributed by atoms with E-state index in [2.05, 4.69) is 26.3 Å². The lowest BCUT2D eigenvalue weighted by Gasteiger charge is -2.27. The molecule has 0 aromatic carbocycles. The van der Waals surface area contributed by atoms with Gasteiger partial charge in [-0.1, -0.05) is 32.1 Å². The Morgan fingerprint density at radius 3 is 2.08 bits per heavy atom. The molecule has 0 saturated carbocycles. The molecular weight excluding hydrogens is 644 g/mol. The molecule has 15 heteroatoms. The van der Waals surface area contributed by atoms with Crippen molar-refractivity contribution in [2.45, 2.75) is 115 Å². The Labute approximate surface area is 294 Å². The first-order chi connectivity index (χ1) is 23.9. The average molecular weight is 701 g/mol. The molecular formula is C35H56N8O7. The molecule has 0 aliphatic carbocycles. The van der Waals surface area contributed by atoms with Crippen LogP contribution in [-0.4, -0.2) is 88.8 Å². The first-order valence-electron chi connectivity index (χ1n) is 17.5. The van der Waals surface area contributed by atoms with Crippen molar-refractivity contribution in [1.82, 2.24) is 26.3 Å². The number of rotatable bonds is 18. The minimum Gasteiger partial charge on any atom is -0.481 e. The zero-order valence-corrected chi connectivity index (χ0v) is 29.3. The lowest BCUT2D eigenvalue weighted by Crippen LogP contribution is -2.58. The number of carbonyl (C=O) groups excluding carboxylic acids is 5. The SMILES string of the molecule is CC(C)C[C@H](CC(=O)[C@H](Cc1cccnc1)NC(=O)[C@@H]1CC=CC[C@H](N)C(=O)N[C@@H](CCCCN)C(=O)N[C@@H](CCCCN)C(=O)N1)C(=O)O. The van der Waals surface area contributed by atoms with Crippen molar-refractivity contribution in [1.29, 1.82) is 0 Å². The molecule has 50 heavy (non-hydrogen) atoms. The maximum atomic E-state index is 13.9. The van der Waals surface area contributed by atoms with Crippen LogP contribution in [0.4, 0.5) is 0 Å². The van der Waals surface area contributed by atoms with Crippen molar-refractivity contribution < 1.29 is 33.9 Å². The molecule has 1 aliphatic heterocycles. The Kier molecular flexibility index (Phi) is 18.9. The molecule has 0 spiro atoms. The van der Waals surface area contributed by atoms with E-state index in [1.54, 1.807) is 36.7 Å². The smallest absolute Gasteiger partial charge is 0.306 e. The fraction of sp³-hybridized carbons (Fsp3) is 0.629. The van der Waals surface area contributed by atoms with E-state index < -0.39 is 71.5 Å². The number of unbranched alkanes of at least 4 members (excludes halogenated alkanes) is 2. The predicted octanol–water partition coefficient (Wildman–Crippen LogP) is 0.205.